The molecule has 0 heterocycles. The minimum Gasteiger partial charge on any atom is -0.481 e. The van der Waals surface area contributed by atoms with Crippen LogP contribution in [-0.4, -0.2) is 27.9 Å². The second kappa shape index (κ2) is 8.58. The summed E-state index contributed by atoms with van der Waals surface area (Å²) in [4.78, 5) is -2.58. The number of rotatable bonds is 5. The minimum absolute atomic E-state index is 0.00618. The van der Waals surface area contributed by atoms with E-state index in [9.17, 15) is 47.6 Å². The first-order valence-corrected chi connectivity index (χ1v) is 11.5. The monoisotopic (exact) mass is 499 g/mol. The van der Waals surface area contributed by atoms with Crippen molar-refractivity contribution in [1.82, 2.24) is 4.13 Å². The van der Waals surface area contributed by atoms with Gasteiger partial charge in [-0.15, -0.1) is 0 Å². The van der Waals surface area contributed by atoms with Crippen molar-refractivity contribution in [2.24, 2.45) is 0 Å². The van der Waals surface area contributed by atoms with Crippen LogP contribution >= 0.6 is 0 Å². The quantitative estimate of drug-likeness (QED) is 0.376. The van der Waals surface area contributed by atoms with Crippen LogP contribution in [0.5, 0.6) is 5.75 Å². The van der Waals surface area contributed by atoms with Crippen LogP contribution in [-0.2, 0) is 20.0 Å². The van der Waals surface area contributed by atoms with Crippen molar-refractivity contribution in [1.29, 1.82) is 0 Å². The number of alkyl halides is 3. The maximum absolute atomic E-state index is 14.4. The maximum Gasteiger partial charge on any atom is 0.512 e. The molecule has 0 fully saturated rings. The molecule has 1 N–H and O–H groups in total. The van der Waals surface area contributed by atoms with E-state index in [2.05, 4.69) is 0 Å². The number of halogens is 7. The fraction of sp³-hybridized carbons (Fsp3) is 0.500. The average Bonchev–Trinajstić information content (AvgIpc) is 2.59. The highest BCUT2D eigenvalue weighted by atomic mass is 32.3. The SMILES string of the molecule is CC1(Oc2c(F)c(F)c(S(=O)(=O)NS(=O)(=O)C(F)(F)F)c(F)c2F)CC/C=C\CCC1. The molecule has 0 aromatic heterocycles. The van der Waals surface area contributed by atoms with E-state index in [1.807, 2.05) is 6.08 Å². The highest BCUT2D eigenvalue weighted by molar-refractivity contribution is 8.05. The zero-order chi connectivity index (χ0) is 23.8. The van der Waals surface area contributed by atoms with Crippen molar-refractivity contribution in [2.45, 2.75) is 55.0 Å². The second-order valence-corrected chi connectivity index (χ2v) is 10.5. The van der Waals surface area contributed by atoms with Crippen molar-refractivity contribution in [3.05, 3.63) is 35.4 Å². The molecule has 0 saturated carbocycles. The molecule has 1 aliphatic rings. The summed E-state index contributed by atoms with van der Waals surface area (Å²) in [7, 11) is -12.9. The third kappa shape index (κ3) is 5.31. The fourth-order valence-corrected chi connectivity index (χ4v) is 5.36. The zero-order valence-corrected chi connectivity index (χ0v) is 17.3. The summed E-state index contributed by atoms with van der Waals surface area (Å²) in [6, 6.07) is 0. The third-order valence-corrected chi connectivity index (χ3v) is 7.67. The van der Waals surface area contributed by atoms with Gasteiger partial charge in [-0.25, -0.2) is 25.6 Å². The Hall–Kier alpha value is -1.87. The van der Waals surface area contributed by atoms with Gasteiger partial charge in [-0.05, 0) is 39.0 Å². The molecule has 0 bridgehead atoms. The lowest BCUT2D eigenvalue weighted by Gasteiger charge is -2.32. The lowest BCUT2D eigenvalue weighted by Crippen LogP contribution is -2.41. The summed E-state index contributed by atoms with van der Waals surface area (Å²) in [6.45, 7) is 1.41. The van der Waals surface area contributed by atoms with Gasteiger partial charge in [-0.1, -0.05) is 16.3 Å². The van der Waals surface area contributed by atoms with Gasteiger partial charge in [0, 0.05) is 0 Å². The first kappa shape index (κ1) is 25.4. The number of nitrogens with one attached hydrogen (secondary N) is 1. The van der Waals surface area contributed by atoms with Crippen LogP contribution in [0.4, 0.5) is 30.7 Å². The predicted molar refractivity (Wildman–Crippen MR) is 92.8 cm³/mol. The molecule has 2 rings (SSSR count). The molecule has 6 nitrogen and oxygen atoms in total. The molecule has 0 radical (unpaired) electrons. The molecule has 0 amide bonds. The van der Waals surface area contributed by atoms with E-state index in [1.54, 1.807) is 6.08 Å². The average molecular weight is 499 g/mol. The van der Waals surface area contributed by atoms with E-state index in [1.165, 1.54) is 6.92 Å². The fourth-order valence-electron chi connectivity index (χ4n) is 2.84. The number of hydrogen-bond donors (Lipinski definition) is 1. The number of sulfonamides is 2. The number of benzene rings is 1. The van der Waals surface area contributed by atoms with Gasteiger partial charge in [0.05, 0.1) is 0 Å². The molecule has 0 saturated heterocycles. The lowest BCUT2D eigenvalue weighted by atomic mass is 9.91. The van der Waals surface area contributed by atoms with Crippen LogP contribution in [0.3, 0.4) is 0 Å². The predicted octanol–water partition coefficient (Wildman–Crippen LogP) is 4.03. The molecule has 176 valence electrons. The third-order valence-electron chi connectivity index (χ3n) is 4.41. The van der Waals surface area contributed by atoms with E-state index in [-0.39, 0.29) is 17.0 Å². The van der Waals surface area contributed by atoms with Crippen LogP contribution < -0.4 is 8.86 Å². The Morgan fingerprint density at radius 1 is 0.903 bits per heavy atom. The van der Waals surface area contributed by atoms with Gasteiger partial charge in [0.1, 0.15) is 5.60 Å². The molecule has 31 heavy (non-hydrogen) atoms. The highest BCUT2D eigenvalue weighted by Crippen LogP contribution is 2.37. The molecule has 1 aliphatic carbocycles. The molecule has 1 atom stereocenters. The van der Waals surface area contributed by atoms with Crippen LogP contribution in [0.25, 0.3) is 0 Å². The molecule has 0 aliphatic heterocycles. The summed E-state index contributed by atoms with van der Waals surface area (Å²) in [5.74, 6) is -11.6. The van der Waals surface area contributed by atoms with Crippen molar-refractivity contribution >= 4 is 20.0 Å². The Labute approximate surface area is 173 Å². The van der Waals surface area contributed by atoms with Crippen LogP contribution in [0.1, 0.15) is 39.0 Å². The number of ether oxygens (including phenoxy) is 1. The molecule has 15 heteroatoms. The summed E-state index contributed by atoms with van der Waals surface area (Å²) < 4.78 is 145. The van der Waals surface area contributed by atoms with Gasteiger partial charge >= 0.3 is 15.5 Å². The van der Waals surface area contributed by atoms with Crippen molar-refractivity contribution in [3.8, 4) is 5.75 Å². The van der Waals surface area contributed by atoms with Crippen LogP contribution in [0, 0.1) is 23.3 Å². The summed E-state index contributed by atoms with van der Waals surface area (Å²) in [6.07, 6.45) is 5.51. The summed E-state index contributed by atoms with van der Waals surface area (Å²) in [5.41, 5.74) is -7.49. The van der Waals surface area contributed by atoms with E-state index < -0.39 is 65.1 Å². The molecule has 1 unspecified atom stereocenters. The zero-order valence-electron chi connectivity index (χ0n) is 15.7. The number of hydrogen-bond acceptors (Lipinski definition) is 5. The van der Waals surface area contributed by atoms with Gasteiger partial charge in [-0.2, -0.15) is 22.0 Å². The number of allylic oxidation sites excluding steroid dienone is 2. The van der Waals surface area contributed by atoms with Crippen molar-refractivity contribution in [3.63, 3.8) is 0 Å². The van der Waals surface area contributed by atoms with Gasteiger partial charge in [0.15, 0.2) is 22.3 Å². The van der Waals surface area contributed by atoms with Crippen molar-refractivity contribution in [2.75, 3.05) is 0 Å². The Kier molecular flexibility index (Phi) is 7.03. The van der Waals surface area contributed by atoms with E-state index in [4.69, 9.17) is 4.74 Å². The van der Waals surface area contributed by atoms with E-state index in [0.29, 0.717) is 19.3 Å². The van der Waals surface area contributed by atoms with Gasteiger partial charge < -0.3 is 4.74 Å². The smallest absolute Gasteiger partial charge is 0.481 e. The van der Waals surface area contributed by atoms with Crippen LogP contribution in [0.15, 0.2) is 17.0 Å². The standard InChI is InChI=1S/C16H16F7NO5S2/c1-15(7-5-3-2-4-6-8-15)29-13-9(17)11(19)14(12(20)10(13)18)30(25,26)24-31(27,28)16(21,22)23/h2-3,24H,4-8H2,1H3/b3-2-. The topological polar surface area (TPSA) is 89.5 Å². The van der Waals surface area contributed by atoms with E-state index >= 15 is 0 Å². The highest BCUT2D eigenvalue weighted by Gasteiger charge is 2.50. The largest absolute Gasteiger partial charge is 0.512 e. The van der Waals surface area contributed by atoms with Gasteiger partial charge in [0.2, 0.25) is 11.6 Å². The molecule has 1 aromatic rings. The molecule has 1 aromatic carbocycles. The Balaban J connectivity index is 2.54. The Bertz CT molecular complexity index is 1070. The van der Waals surface area contributed by atoms with E-state index in [0.717, 1.165) is 0 Å². The summed E-state index contributed by atoms with van der Waals surface area (Å²) >= 11 is 0. The normalized spacial score (nSPS) is 21.9. The second-order valence-electron chi connectivity index (χ2n) is 6.90. The maximum atomic E-state index is 14.4. The van der Waals surface area contributed by atoms with Crippen LogP contribution in [0.2, 0.25) is 0 Å². The first-order chi connectivity index (χ1) is 14.0. The Morgan fingerprint density at radius 2 is 1.42 bits per heavy atom. The molecular formula is C16H16F7NO5S2. The van der Waals surface area contributed by atoms with Gasteiger partial charge in [0.25, 0.3) is 10.0 Å². The Morgan fingerprint density at radius 3 is 1.94 bits per heavy atom. The molecular weight excluding hydrogens is 483 g/mol. The lowest BCUT2D eigenvalue weighted by molar-refractivity contribution is -0.0441. The molecule has 0 spiro atoms. The summed E-state index contributed by atoms with van der Waals surface area (Å²) in [5, 5.41) is 0. The minimum atomic E-state index is -6.67. The van der Waals surface area contributed by atoms with Gasteiger partial charge in [-0.3, -0.25) is 0 Å². The first-order valence-electron chi connectivity index (χ1n) is 8.57. The van der Waals surface area contributed by atoms with Crippen molar-refractivity contribution < 1.29 is 52.3 Å².